The van der Waals surface area contributed by atoms with Gasteiger partial charge in [-0.3, -0.25) is 4.79 Å². The van der Waals surface area contributed by atoms with Gasteiger partial charge in [0.2, 0.25) is 0 Å². The zero-order valence-electron chi connectivity index (χ0n) is 12.9. The van der Waals surface area contributed by atoms with Gasteiger partial charge in [0.25, 0.3) is 0 Å². The van der Waals surface area contributed by atoms with Crippen molar-refractivity contribution in [3.63, 3.8) is 0 Å². The molecule has 0 aliphatic heterocycles. The maximum absolute atomic E-state index is 12.5. The molecule has 2 nitrogen and oxygen atoms in total. The highest BCUT2D eigenvalue weighted by molar-refractivity contribution is 5.89. The van der Waals surface area contributed by atoms with Gasteiger partial charge in [-0.15, -0.1) is 0 Å². The lowest BCUT2D eigenvalue weighted by atomic mass is 9.77. The Morgan fingerprint density at radius 2 is 1.68 bits per heavy atom. The van der Waals surface area contributed by atoms with Crippen LogP contribution in [-0.4, -0.2) is 5.78 Å². The van der Waals surface area contributed by atoms with Crippen LogP contribution in [0.15, 0.2) is 24.3 Å². The number of Topliss-reactive ketones (excluding diaryl/α,β-unsaturated/α-hetero) is 1. The molecule has 0 saturated heterocycles. The van der Waals surface area contributed by atoms with Crippen molar-refractivity contribution in [1.82, 2.24) is 0 Å². The minimum absolute atomic E-state index is 0.311. The molecule has 0 saturated carbocycles. The summed E-state index contributed by atoms with van der Waals surface area (Å²) in [6.45, 7) is 10.6. The van der Waals surface area contributed by atoms with Crippen LogP contribution in [0.1, 0.15) is 53.0 Å². The average Bonchev–Trinajstić information content (AvgIpc) is 2.28. The third-order valence-corrected chi connectivity index (χ3v) is 3.74. The van der Waals surface area contributed by atoms with E-state index in [9.17, 15) is 4.79 Å². The molecule has 0 aliphatic rings. The van der Waals surface area contributed by atoms with E-state index < -0.39 is 5.41 Å². The fourth-order valence-electron chi connectivity index (χ4n) is 2.52. The molecule has 106 valence electrons. The van der Waals surface area contributed by atoms with Crippen molar-refractivity contribution in [2.24, 2.45) is 11.8 Å². The number of carbonyl (C=O) groups is 1. The van der Waals surface area contributed by atoms with Crippen molar-refractivity contribution in [3.05, 3.63) is 29.8 Å². The fraction of sp³-hybridized carbons (Fsp3) is 0.588. The van der Waals surface area contributed by atoms with E-state index in [4.69, 9.17) is 5.73 Å². The quantitative estimate of drug-likeness (QED) is 0.780. The Bertz CT molecular complexity index is 417. The van der Waals surface area contributed by atoms with E-state index in [1.54, 1.807) is 0 Å². The van der Waals surface area contributed by atoms with Crippen molar-refractivity contribution in [2.45, 2.75) is 52.9 Å². The summed E-state index contributed by atoms with van der Waals surface area (Å²) in [5, 5.41) is 0. The van der Waals surface area contributed by atoms with E-state index in [1.165, 1.54) is 0 Å². The molecule has 19 heavy (non-hydrogen) atoms. The predicted octanol–water partition coefficient (Wildman–Crippen LogP) is 4.19. The second-order valence-electron chi connectivity index (χ2n) is 6.61. The largest absolute Gasteiger partial charge is 0.399 e. The molecule has 2 heteroatoms. The zero-order chi connectivity index (χ0) is 14.6. The minimum Gasteiger partial charge on any atom is -0.399 e. The van der Waals surface area contributed by atoms with Crippen LogP contribution in [0.5, 0.6) is 0 Å². The third-order valence-electron chi connectivity index (χ3n) is 3.74. The summed E-state index contributed by atoms with van der Waals surface area (Å²) in [5.74, 6) is 1.40. The normalized spacial score (nSPS) is 13.6. The SMILES string of the molecule is CC(C)CC(C)CC(=O)C(C)(C)c1ccc(N)cc1. The molecular weight excluding hydrogens is 234 g/mol. The first-order valence-electron chi connectivity index (χ1n) is 7.12. The Morgan fingerprint density at radius 3 is 2.16 bits per heavy atom. The molecule has 0 radical (unpaired) electrons. The van der Waals surface area contributed by atoms with Gasteiger partial charge in [-0.1, -0.05) is 32.9 Å². The van der Waals surface area contributed by atoms with E-state index in [2.05, 4.69) is 20.8 Å². The lowest BCUT2D eigenvalue weighted by Crippen LogP contribution is -2.30. The number of nitrogens with two attached hydrogens (primary N) is 1. The average molecular weight is 261 g/mol. The molecule has 2 N–H and O–H groups in total. The summed E-state index contributed by atoms with van der Waals surface area (Å²) in [7, 11) is 0. The minimum atomic E-state index is -0.432. The van der Waals surface area contributed by atoms with Crippen LogP contribution >= 0.6 is 0 Å². The van der Waals surface area contributed by atoms with Crippen LogP contribution in [0, 0.1) is 11.8 Å². The molecule has 0 aromatic heterocycles. The second-order valence-corrected chi connectivity index (χ2v) is 6.61. The first kappa shape index (κ1) is 15.7. The molecule has 1 unspecified atom stereocenters. The van der Waals surface area contributed by atoms with Gasteiger partial charge >= 0.3 is 0 Å². The molecule has 1 rings (SSSR count). The Hall–Kier alpha value is -1.31. The number of nitrogen functional groups attached to an aromatic ring is 1. The molecule has 0 fully saturated rings. The molecule has 1 aromatic rings. The number of anilines is 1. The molecule has 0 aliphatic carbocycles. The lowest BCUT2D eigenvalue weighted by molar-refractivity contribution is -0.124. The maximum Gasteiger partial charge on any atom is 0.143 e. The van der Waals surface area contributed by atoms with Crippen LogP contribution in [0.25, 0.3) is 0 Å². The van der Waals surface area contributed by atoms with Gasteiger partial charge in [-0.2, -0.15) is 0 Å². The summed E-state index contributed by atoms with van der Waals surface area (Å²) in [5.41, 5.74) is 7.05. The highest BCUT2D eigenvalue weighted by Gasteiger charge is 2.30. The fourth-order valence-corrected chi connectivity index (χ4v) is 2.52. The Labute approximate surface area is 117 Å². The van der Waals surface area contributed by atoms with E-state index in [-0.39, 0.29) is 0 Å². The van der Waals surface area contributed by atoms with E-state index >= 15 is 0 Å². The summed E-state index contributed by atoms with van der Waals surface area (Å²) in [4.78, 5) is 12.5. The van der Waals surface area contributed by atoms with Crippen LogP contribution in [0.3, 0.4) is 0 Å². The summed E-state index contributed by atoms with van der Waals surface area (Å²) in [6, 6.07) is 7.64. The smallest absolute Gasteiger partial charge is 0.143 e. The van der Waals surface area contributed by atoms with E-state index in [0.29, 0.717) is 24.0 Å². The molecular formula is C17H27NO. The van der Waals surface area contributed by atoms with Gasteiger partial charge in [0, 0.05) is 17.5 Å². The van der Waals surface area contributed by atoms with Crippen molar-refractivity contribution in [2.75, 3.05) is 5.73 Å². The lowest BCUT2D eigenvalue weighted by Gasteiger charge is -2.26. The van der Waals surface area contributed by atoms with Gasteiger partial charge < -0.3 is 5.73 Å². The van der Waals surface area contributed by atoms with Crippen LogP contribution in [0.2, 0.25) is 0 Å². The van der Waals surface area contributed by atoms with Crippen molar-refractivity contribution in [1.29, 1.82) is 0 Å². The van der Waals surface area contributed by atoms with Gasteiger partial charge in [-0.25, -0.2) is 0 Å². The highest BCUT2D eigenvalue weighted by atomic mass is 16.1. The number of hydrogen-bond donors (Lipinski definition) is 1. The predicted molar refractivity (Wildman–Crippen MR) is 82.1 cm³/mol. The van der Waals surface area contributed by atoms with Crippen LogP contribution in [-0.2, 0) is 10.2 Å². The van der Waals surface area contributed by atoms with Gasteiger partial charge in [0.15, 0.2) is 0 Å². The second kappa shape index (κ2) is 6.23. The van der Waals surface area contributed by atoms with E-state index in [0.717, 1.165) is 17.7 Å². The van der Waals surface area contributed by atoms with Crippen LogP contribution in [0.4, 0.5) is 5.69 Å². The third kappa shape index (κ3) is 4.38. The van der Waals surface area contributed by atoms with Crippen molar-refractivity contribution >= 4 is 11.5 Å². The van der Waals surface area contributed by atoms with Crippen molar-refractivity contribution in [3.8, 4) is 0 Å². The Kier molecular flexibility index (Phi) is 5.16. The topological polar surface area (TPSA) is 43.1 Å². The zero-order valence-corrected chi connectivity index (χ0v) is 12.9. The number of ketones is 1. The number of rotatable bonds is 6. The Morgan fingerprint density at radius 1 is 1.16 bits per heavy atom. The molecule has 0 heterocycles. The first-order valence-corrected chi connectivity index (χ1v) is 7.12. The monoisotopic (exact) mass is 261 g/mol. The molecule has 0 spiro atoms. The maximum atomic E-state index is 12.5. The molecule has 1 atom stereocenters. The van der Waals surface area contributed by atoms with Crippen molar-refractivity contribution < 1.29 is 4.79 Å². The molecule has 0 amide bonds. The first-order chi connectivity index (χ1) is 8.73. The number of carbonyl (C=O) groups excluding carboxylic acids is 1. The summed E-state index contributed by atoms with van der Waals surface area (Å²) >= 11 is 0. The number of benzene rings is 1. The van der Waals surface area contributed by atoms with Crippen LogP contribution < -0.4 is 5.73 Å². The van der Waals surface area contributed by atoms with Gasteiger partial charge in [0.1, 0.15) is 5.78 Å². The Balaban J connectivity index is 2.76. The summed E-state index contributed by atoms with van der Waals surface area (Å²) in [6.07, 6.45) is 1.75. The summed E-state index contributed by atoms with van der Waals surface area (Å²) < 4.78 is 0. The van der Waals surface area contributed by atoms with Gasteiger partial charge in [0.05, 0.1) is 0 Å². The highest BCUT2D eigenvalue weighted by Crippen LogP contribution is 2.29. The van der Waals surface area contributed by atoms with E-state index in [1.807, 2.05) is 38.1 Å². The molecule has 1 aromatic carbocycles. The molecule has 0 bridgehead atoms. The van der Waals surface area contributed by atoms with Gasteiger partial charge in [-0.05, 0) is 49.8 Å². The number of hydrogen-bond acceptors (Lipinski definition) is 2. The standard InChI is InChI=1S/C17H27NO/c1-12(2)10-13(3)11-16(19)17(4,5)14-6-8-15(18)9-7-14/h6-9,12-13H,10-11,18H2,1-5H3.